The summed E-state index contributed by atoms with van der Waals surface area (Å²) in [5, 5.41) is 3.35. The van der Waals surface area contributed by atoms with Crippen molar-refractivity contribution in [3.05, 3.63) is 18.2 Å². The van der Waals surface area contributed by atoms with Gasteiger partial charge in [0.2, 0.25) is 0 Å². The molecule has 0 aromatic carbocycles. The van der Waals surface area contributed by atoms with Crippen molar-refractivity contribution in [1.29, 1.82) is 0 Å². The second-order valence-electron chi connectivity index (χ2n) is 4.37. The molecule has 1 atom stereocenters. The Hall–Kier alpha value is -0.870. The van der Waals surface area contributed by atoms with Gasteiger partial charge < -0.3 is 14.6 Å². The molecule has 1 saturated heterocycles. The zero-order valence-corrected chi connectivity index (χ0v) is 9.98. The minimum Gasteiger partial charge on any atom is -0.376 e. The van der Waals surface area contributed by atoms with E-state index in [1.54, 1.807) is 0 Å². The van der Waals surface area contributed by atoms with Crippen LogP contribution in [0.3, 0.4) is 0 Å². The standard InChI is InChI=1S/C12H21N3O/c1-2-5-13-7-11-8-15(10-14-11)9-12-4-3-6-16-12/h8,10,12-13H,2-7,9H2,1H3. The molecular weight excluding hydrogens is 202 g/mol. The van der Waals surface area contributed by atoms with Crippen LogP contribution in [0.15, 0.2) is 12.5 Å². The van der Waals surface area contributed by atoms with Gasteiger partial charge >= 0.3 is 0 Å². The average molecular weight is 223 g/mol. The van der Waals surface area contributed by atoms with Crippen LogP contribution in [0, 0.1) is 0 Å². The van der Waals surface area contributed by atoms with Gasteiger partial charge in [-0.3, -0.25) is 0 Å². The van der Waals surface area contributed by atoms with Gasteiger partial charge in [-0.25, -0.2) is 4.98 Å². The summed E-state index contributed by atoms with van der Waals surface area (Å²) in [6, 6.07) is 0. The van der Waals surface area contributed by atoms with E-state index < -0.39 is 0 Å². The Labute approximate surface area is 97.0 Å². The molecule has 1 aromatic rings. The highest BCUT2D eigenvalue weighted by Gasteiger charge is 2.15. The summed E-state index contributed by atoms with van der Waals surface area (Å²) >= 11 is 0. The Morgan fingerprint density at radius 1 is 1.62 bits per heavy atom. The number of imidazole rings is 1. The lowest BCUT2D eigenvalue weighted by Gasteiger charge is -2.09. The molecule has 1 aromatic heterocycles. The monoisotopic (exact) mass is 223 g/mol. The normalized spacial score (nSPS) is 20.4. The van der Waals surface area contributed by atoms with Crippen molar-refractivity contribution in [3.8, 4) is 0 Å². The van der Waals surface area contributed by atoms with Crippen LogP contribution in [-0.2, 0) is 17.8 Å². The lowest BCUT2D eigenvalue weighted by molar-refractivity contribution is 0.0970. The third-order valence-corrected chi connectivity index (χ3v) is 2.86. The molecule has 1 fully saturated rings. The Morgan fingerprint density at radius 3 is 3.31 bits per heavy atom. The number of nitrogens with one attached hydrogen (secondary N) is 1. The van der Waals surface area contributed by atoms with Crippen molar-refractivity contribution < 1.29 is 4.74 Å². The maximum Gasteiger partial charge on any atom is 0.0950 e. The molecule has 1 N–H and O–H groups in total. The maximum absolute atomic E-state index is 5.60. The predicted molar refractivity (Wildman–Crippen MR) is 63.2 cm³/mol. The lowest BCUT2D eigenvalue weighted by Crippen LogP contribution is -2.15. The van der Waals surface area contributed by atoms with Crippen LogP contribution in [0.1, 0.15) is 31.9 Å². The van der Waals surface area contributed by atoms with E-state index in [1.165, 1.54) is 12.8 Å². The number of hydrogen-bond acceptors (Lipinski definition) is 3. The van der Waals surface area contributed by atoms with Crippen LogP contribution in [0.2, 0.25) is 0 Å². The first kappa shape index (κ1) is 11.6. The first-order valence-electron chi connectivity index (χ1n) is 6.21. The van der Waals surface area contributed by atoms with Crippen LogP contribution in [0.4, 0.5) is 0 Å². The molecule has 0 amide bonds. The fourth-order valence-electron chi connectivity index (χ4n) is 2.01. The highest BCUT2D eigenvalue weighted by atomic mass is 16.5. The summed E-state index contributed by atoms with van der Waals surface area (Å²) in [4.78, 5) is 4.37. The van der Waals surface area contributed by atoms with Crippen LogP contribution in [0.5, 0.6) is 0 Å². The molecule has 1 unspecified atom stereocenters. The van der Waals surface area contributed by atoms with E-state index in [4.69, 9.17) is 4.74 Å². The molecule has 2 heterocycles. The lowest BCUT2D eigenvalue weighted by atomic mass is 10.2. The SMILES string of the molecule is CCCNCc1cn(CC2CCCO2)cn1. The van der Waals surface area contributed by atoms with Gasteiger partial charge in [-0.1, -0.05) is 6.92 Å². The van der Waals surface area contributed by atoms with E-state index in [0.29, 0.717) is 6.10 Å². The first-order valence-corrected chi connectivity index (χ1v) is 6.21. The molecule has 1 aliphatic heterocycles. The Kier molecular flexibility index (Phi) is 4.36. The molecule has 16 heavy (non-hydrogen) atoms. The third kappa shape index (κ3) is 3.32. The molecule has 0 radical (unpaired) electrons. The molecule has 2 rings (SSSR count). The highest BCUT2D eigenvalue weighted by Crippen LogP contribution is 2.14. The highest BCUT2D eigenvalue weighted by molar-refractivity contribution is 4.96. The number of nitrogens with zero attached hydrogens (tertiary/aromatic N) is 2. The van der Waals surface area contributed by atoms with E-state index in [0.717, 1.165) is 38.4 Å². The van der Waals surface area contributed by atoms with Crippen molar-refractivity contribution in [2.75, 3.05) is 13.2 Å². The molecule has 0 bridgehead atoms. The molecule has 4 heteroatoms. The van der Waals surface area contributed by atoms with Crippen LogP contribution in [-0.4, -0.2) is 28.8 Å². The number of hydrogen-bond donors (Lipinski definition) is 1. The minimum atomic E-state index is 0.394. The summed E-state index contributed by atoms with van der Waals surface area (Å²) < 4.78 is 7.74. The summed E-state index contributed by atoms with van der Waals surface area (Å²) in [5.74, 6) is 0. The fraction of sp³-hybridized carbons (Fsp3) is 0.750. The summed E-state index contributed by atoms with van der Waals surface area (Å²) in [5.41, 5.74) is 1.12. The molecule has 90 valence electrons. The van der Waals surface area contributed by atoms with E-state index >= 15 is 0 Å². The molecule has 0 aliphatic carbocycles. The van der Waals surface area contributed by atoms with Crippen molar-refractivity contribution in [3.63, 3.8) is 0 Å². The van der Waals surface area contributed by atoms with Crippen molar-refractivity contribution in [1.82, 2.24) is 14.9 Å². The Morgan fingerprint density at radius 2 is 2.56 bits per heavy atom. The molecule has 1 aliphatic rings. The first-order chi connectivity index (χ1) is 7.88. The maximum atomic E-state index is 5.60. The zero-order valence-electron chi connectivity index (χ0n) is 9.98. The van der Waals surface area contributed by atoms with Crippen molar-refractivity contribution >= 4 is 0 Å². The van der Waals surface area contributed by atoms with Crippen molar-refractivity contribution in [2.45, 2.75) is 45.4 Å². The van der Waals surface area contributed by atoms with Gasteiger partial charge in [-0.2, -0.15) is 0 Å². The van der Waals surface area contributed by atoms with Gasteiger partial charge in [-0.15, -0.1) is 0 Å². The quantitative estimate of drug-likeness (QED) is 0.744. The zero-order chi connectivity index (χ0) is 11.2. The van der Waals surface area contributed by atoms with Gasteiger partial charge in [0, 0.05) is 25.9 Å². The van der Waals surface area contributed by atoms with E-state index in [1.807, 2.05) is 6.33 Å². The Bertz CT molecular complexity index is 305. The predicted octanol–water partition coefficient (Wildman–Crippen LogP) is 1.56. The second kappa shape index (κ2) is 6.01. The fourth-order valence-corrected chi connectivity index (χ4v) is 2.01. The molecule has 0 spiro atoms. The van der Waals surface area contributed by atoms with Gasteiger partial charge in [0.25, 0.3) is 0 Å². The third-order valence-electron chi connectivity index (χ3n) is 2.86. The van der Waals surface area contributed by atoms with E-state index in [-0.39, 0.29) is 0 Å². The van der Waals surface area contributed by atoms with Crippen molar-refractivity contribution in [2.24, 2.45) is 0 Å². The summed E-state index contributed by atoms with van der Waals surface area (Å²) in [6.07, 6.45) is 7.96. The molecule has 4 nitrogen and oxygen atoms in total. The van der Waals surface area contributed by atoms with Crippen LogP contribution < -0.4 is 5.32 Å². The minimum absolute atomic E-state index is 0.394. The van der Waals surface area contributed by atoms with Gasteiger partial charge in [0.15, 0.2) is 0 Å². The Balaban J connectivity index is 1.77. The number of aromatic nitrogens is 2. The number of ether oxygens (including phenoxy) is 1. The van der Waals surface area contributed by atoms with Crippen LogP contribution >= 0.6 is 0 Å². The second-order valence-corrected chi connectivity index (χ2v) is 4.37. The number of rotatable bonds is 6. The summed E-state index contributed by atoms with van der Waals surface area (Å²) in [6.45, 7) is 5.96. The molecule has 0 saturated carbocycles. The van der Waals surface area contributed by atoms with Gasteiger partial charge in [0.1, 0.15) is 0 Å². The molecular formula is C12H21N3O. The van der Waals surface area contributed by atoms with Crippen LogP contribution in [0.25, 0.3) is 0 Å². The smallest absolute Gasteiger partial charge is 0.0950 e. The topological polar surface area (TPSA) is 39.1 Å². The van der Waals surface area contributed by atoms with Gasteiger partial charge in [-0.05, 0) is 25.8 Å². The average Bonchev–Trinajstić information content (AvgIpc) is 2.91. The van der Waals surface area contributed by atoms with Gasteiger partial charge in [0.05, 0.1) is 18.1 Å². The largest absolute Gasteiger partial charge is 0.376 e. The summed E-state index contributed by atoms with van der Waals surface area (Å²) in [7, 11) is 0. The van der Waals surface area contributed by atoms with E-state index in [2.05, 4.69) is 28.0 Å². The van der Waals surface area contributed by atoms with E-state index in [9.17, 15) is 0 Å².